The summed E-state index contributed by atoms with van der Waals surface area (Å²) in [6.45, 7) is 0. The third-order valence-electron chi connectivity index (χ3n) is 1.48. The largest absolute Gasteiger partial charge is 0.497 e. The van der Waals surface area contributed by atoms with E-state index in [-0.39, 0.29) is 0 Å². The molecule has 0 aromatic heterocycles. The topological polar surface area (TPSA) is 9.23 Å². The van der Waals surface area contributed by atoms with Crippen molar-refractivity contribution < 1.29 is 4.74 Å². The Kier molecular flexibility index (Phi) is 4.01. The van der Waals surface area contributed by atoms with Crippen molar-refractivity contribution in [3.05, 3.63) is 28.8 Å². The van der Waals surface area contributed by atoms with Gasteiger partial charge in [-0.15, -0.1) is 0 Å². The standard InChI is InChI=1S/C10H9ClOS/c1-12-9-5-4-8(3-2-6-13)10(11)7-9/h4-5,7,13H,6H2,1H3. The molecule has 1 aromatic rings. The van der Waals surface area contributed by atoms with E-state index in [0.717, 1.165) is 11.3 Å². The third kappa shape index (κ3) is 2.87. The molecular formula is C10H9ClOS. The quantitative estimate of drug-likeness (QED) is 0.556. The van der Waals surface area contributed by atoms with Crippen molar-refractivity contribution in [2.75, 3.05) is 12.9 Å². The Labute approximate surface area is 88.5 Å². The average Bonchev–Trinajstić information content (AvgIpc) is 2.16. The van der Waals surface area contributed by atoms with Gasteiger partial charge in [0.05, 0.1) is 17.9 Å². The van der Waals surface area contributed by atoms with Crippen LogP contribution in [0, 0.1) is 11.8 Å². The second-order valence-electron chi connectivity index (χ2n) is 2.31. The zero-order valence-corrected chi connectivity index (χ0v) is 8.82. The monoisotopic (exact) mass is 212 g/mol. The summed E-state index contributed by atoms with van der Waals surface area (Å²) < 4.78 is 5.01. The molecule has 0 unspecified atom stereocenters. The van der Waals surface area contributed by atoms with Crippen molar-refractivity contribution in [1.29, 1.82) is 0 Å². The van der Waals surface area contributed by atoms with Gasteiger partial charge in [-0.3, -0.25) is 0 Å². The van der Waals surface area contributed by atoms with E-state index >= 15 is 0 Å². The summed E-state index contributed by atoms with van der Waals surface area (Å²) in [5.41, 5.74) is 0.802. The lowest BCUT2D eigenvalue weighted by atomic mass is 10.2. The molecule has 0 atom stereocenters. The van der Waals surface area contributed by atoms with E-state index in [0.29, 0.717) is 10.8 Å². The van der Waals surface area contributed by atoms with Crippen LogP contribution < -0.4 is 4.74 Å². The first-order valence-corrected chi connectivity index (χ1v) is 4.72. The van der Waals surface area contributed by atoms with Gasteiger partial charge in [-0.2, -0.15) is 12.6 Å². The van der Waals surface area contributed by atoms with Crippen molar-refractivity contribution in [2.24, 2.45) is 0 Å². The molecule has 1 rings (SSSR count). The van der Waals surface area contributed by atoms with Crippen molar-refractivity contribution in [1.82, 2.24) is 0 Å². The smallest absolute Gasteiger partial charge is 0.120 e. The first-order chi connectivity index (χ1) is 6.27. The normalized spacial score (nSPS) is 8.85. The molecular weight excluding hydrogens is 204 g/mol. The Bertz CT molecular complexity index is 352. The first kappa shape index (κ1) is 10.3. The Balaban J connectivity index is 2.98. The molecule has 3 heteroatoms. The van der Waals surface area contributed by atoms with Gasteiger partial charge in [0.15, 0.2) is 0 Å². The van der Waals surface area contributed by atoms with Crippen LogP contribution in [0.5, 0.6) is 5.75 Å². The summed E-state index contributed by atoms with van der Waals surface area (Å²) in [6.07, 6.45) is 0. The van der Waals surface area contributed by atoms with E-state index in [2.05, 4.69) is 24.5 Å². The molecule has 0 aliphatic rings. The maximum Gasteiger partial charge on any atom is 0.120 e. The molecule has 13 heavy (non-hydrogen) atoms. The molecule has 0 aliphatic carbocycles. The van der Waals surface area contributed by atoms with E-state index in [9.17, 15) is 0 Å². The lowest BCUT2D eigenvalue weighted by Gasteiger charge is -2.00. The minimum absolute atomic E-state index is 0.530. The number of rotatable bonds is 1. The predicted octanol–water partition coefficient (Wildman–Crippen LogP) is 2.63. The lowest BCUT2D eigenvalue weighted by molar-refractivity contribution is 0.415. The summed E-state index contributed by atoms with van der Waals surface area (Å²) in [5, 5.41) is 0.605. The average molecular weight is 213 g/mol. The van der Waals surface area contributed by atoms with Crippen LogP contribution in [0.3, 0.4) is 0 Å². The van der Waals surface area contributed by atoms with E-state index in [1.807, 2.05) is 12.1 Å². The highest BCUT2D eigenvalue weighted by atomic mass is 35.5. The summed E-state index contributed by atoms with van der Waals surface area (Å²) in [4.78, 5) is 0. The molecule has 0 radical (unpaired) electrons. The SMILES string of the molecule is COc1ccc(C#CCS)c(Cl)c1. The number of hydrogen-bond acceptors (Lipinski definition) is 2. The first-order valence-electron chi connectivity index (χ1n) is 3.71. The van der Waals surface area contributed by atoms with Gasteiger partial charge in [-0.25, -0.2) is 0 Å². The van der Waals surface area contributed by atoms with Gasteiger partial charge in [-0.05, 0) is 18.2 Å². The highest BCUT2D eigenvalue weighted by molar-refractivity contribution is 7.80. The van der Waals surface area contributed by atoms with E-state index in [1.54, 1.807) is 13.2 Å². The molecule has 0 amide bonds. The Morgan fingerprint density at radius 3 is 2.85 bits per heavy atom. The zero-order valence-electron chi connectivity index (χ0n) is 7.17. The minimum Gasteiger partial charge on any atom is -0.497 e. The summed E-state index contributed by atoms with van der Waals surface area (Å²) in [5.74, 6) is 7.00. The van der Waals surface area contributed by atoms with Crippen molar-refractivity contribution >= 4 is 24.2 Å². The van der Waals surface area contributed by atoms with Crippen LogP contribution in [-0.4, -0.2) is 12.9 Å². The van der Waals surface area contributed by atoms with Gasteiger partial charge < -0.3 is 4.74 Å². The lowest BCUT2D eigenvalue weighted by Crippen LogP contribution is -1.84. The highest BCUT2D eigenvalue weighted by Gasteiger charge is 1.98. The predicted molar refractivity (Wildman–Crippen MR) is 58.7 cm³/mol. The van der Waals surface area contributed by atoms with Gasteiger partial charge in [-0.1, -0.05) is 23.4 Å². The van der Waals surface area contributed by atoms with Crippen molar-refractivity contribution in [3.63, 3.8) is 0 Å². The molecule has 0 heterocycles. The molecule has 68 valence electrons. The molecule has 1 aromatic carbocycles. The van der Waals surface area contributed by atoms with Crippen molar-refractivity contribution in [2.45, 2.75) is 0 Å². The molecule has 1 nitrogen and oxygen atoms in total. The van der Waals surface area contributed by atoms with E-state index < -0.39 is 0 Å². The van der Waals surface area contributed by atoms with Crippen molar-refractivity contribution in [3.8, 4) is 17.6 Å². The summed E-state index contributed by atoms with van der Waals surface area (Å²) in [6, 6.07) is 5.40. The van der Waals surface area contributed by atoms with E-state index in [4.69, 9.17) is 16.3 Å². The van der Waals surface area contributed by atoms with Crippen LogP contribution in [0.4, 0.5) is 0 Å². The molecule has 0 aliphatic heterocycles. The second kappa shape index (κ2) is 5.06. The van der Waals surface area contributed by atoms with Crippen LogP contribution in [0.2, 0.25) is 5.02 Å². The van der Waals surface area contributed by atoms with Gasteiger partial charge in [0, 0.05) is 5.56 Å². The molecule has 0 spiro atoms. The van der Waals surface area contributed by atoms with Crippen LogP contribution in [0.1, 0.15) is 5.56 Å². The zero-order chi connectivity index (χ0) is 9.68. The number of hydrogen-bond donors (Lipinski definition) is 1. The Morgan fingerprint density at radius 1 is 1.54 bits per heavy atom. The number of methoxy groups -OCH3 is 1. The van der Waals surface area contributed by atoms with Crippen LogP contribution >= 0.6 is 24.2 Å². The molecule has 0 saturated heterocycles. The number of benzene rings is 1. The van der Waals surface area contributed by atoms with Gasteiger partial charge in [0.25, 0.3) is 0 Å². The maximum absolute atomic E-state index is 5.94. The summed E-state index contributed by atoms with van der Waals surface area (Å²) in [7, 11) is 1.60. The van der Waals surface area contributed by atoms with Gasteiger partial charge in [0.2, 0.25) is 0 Å². The highest BCUT2D eigenvalue weighted by Crippen LogP contribution is 2.21. The van der Waals surface area contributed by atoms with Gasteiger partial charge >= 0.3 is 0 Å². The maximum atomic E-state index is 5.94. The fourth-order valence-electron chi connectivity index (χ4n) is 0.859. The Morgan fingerprint density at radius 2 is 2.31 bits per heavy atom. The summed E-state index contributed by atoms with van der Waals surface area (Å²) >= 11 is 9.92. The number of thiol groups is 1. The van der Waals surface area contributed by atoms with Crippen LogP contribution in [0.25, 0.3) is 0 Å². The molecule has 0 bridgehead atoms. The number of halogens is 1. The van der Waals surface area contributed by atoms with Gasteiger partial charge in [0.1, 0.15) is 5.75 Å². The third-order valence-corrected chi connectivity index (χ3v) is 1.95. The molecule has 0 N–H and O–H groups in total. The minimum atomic E-state index is 0.530. The number of ether oxygens (including phenoxy) is 1. The Hall–Kier alpha value is -0.780. The van der Waals surface area contributed by atoms with Crippen LogP contribution in [-0.2, 0) is 0 Å². The molecule has 0 fully saturated rings. The van der Waals surface area contributed by atoms with Crippen LogP contribution in [0.15, 0.2) is 18.2 Å². The van der Waals surface area contributed by atoms with E-state index in [1.165, 1.54) is 0 Å². The molecule has 0 saturated carbocycles. The fourth-order valence-corrected chi connectivity index (χ4v) is 1.16. The second-order valence-corrected chi connectivity index (χ2v) is 3.03. The fraction of sp³-hybridized carbons (Fsp3) is 0.200.